The van der Waals surface area contributed by atoms with Crippen molar-refractivity contribution in [2.45, 2.75) is 24.8 Å². The minimum absolute atomic E-state index is 0. The Labute approximate surface area is 278 Å². The van der Waals surface area contributed by atoms with Crippen molar-refractivity contribution in [3.63, 3.8) is 0 Å². The zero-order chi connectivity index (χ0) is 32.1. The molecule has 0 bridgehead atoms. The van der Waals surface area contributed by atoms with Crippen LogP contribution in [0.4, 0.5) is 20.2 Å². The summed E-state index contributed by atoms with van der Waals surface area (Å²) in [5.41, 5.74) is 2.36. The number of hydrogen-bond acceptors (Lipinski definition) is 5. The molecule has 2 aliphatic heterocycles. The first-order valence-electron chi connectivity index (χ1n) is 15.4. The quantitative estimate of drug-likeness (QED) is 0.262. The van der Waals surface area contributed by atoms with Crippen LogP contribution < -0.4 is 15.5 Å². The number of nitrogens with one attached hydrogen (secondary N) is 2. The first-order valence-corrected chi connectivity index (χ1v) is 15.4. The third-order valence-corrected chi connectivity index (χ3v) is 8.55. The van der Waals surface area contributed by atoms with Gasteiger partial charge >= 0.3 is 0 Å². The van der Waals surface area contributed by atoms with E-state index in [-0.39, 0.29) is 41.2 Å². The number of para-hydroxylation sites is 2. The average Bonchev–Trinajstić information content (AvgIpc) is 3.42. The minimum Gasteiger partial charge on any atom is -0.359 e. The maximum atomic E-state index is 16.0. The predicted octanol–water partition coefficient (Wildman–Crippen LogP) is 5.95. The first kappa shape index (κ1) is 33.5. The maximum Gasteiger partial charge on any atom is 0.275 e. The van der Waals surface area contributed by atoms with Gasteiger partial charge in [0.2, 0.25) is 5.91 Å². The van der Waals surface area contributed by atoms with Crippen molar-refractivity contribution in [3.05, 3.63) is 125 Å². The summed E-state index contributed by atoms with van der Waals surface area (Å²) in [6.45, 7) is 2.19. The molecule has 3 aromatic carbocycles. The molecule has 1 unspecified atom stereocenters. The van der Waals surface area contributed by atoms with Crippen molar-refractivity contribution < 1.29 is 23.2 Å². The standard InChI is InChI=1S/C37H34F2N4O3.ClH/c38-37(39)18-22-43(32-15-8-7-14-28(32)31(37)24-34(45)42-21-9-19-40-20-23-42)33-17-16-29(36(46)41-27-12-5-2-6-13-27)35(30(33)25-44)26-10-3-1-4-11-26;/h1-8,10-17,24,33,40H,9,18-23H2,(H,41,46);1H. The van der Waals surface area contributed by atoms with Gasteiger partial charge in [0.15, 0.2) is 0 Å². The predicted molar refractivity (Wildman–Crippen MR) is 183 cm³/mol. The molecular weight excluding hydrogens is 622 g/mol. The SMILES string of the molecule is Cl.O=C=C1C(c2ccccc2)=C(C(=O)Nc2ccccc2)C=CC1N1CCC(F)(F)C(=CC(=O)N2CCCNCC2)c2ccccc21. The summed E-state index contributed by atoms with van der Waals surface area (Å²) in [6.07, 6.45) is 4.58. The third kappa shape index (κ3) is 7.13. The molecule has 3 aromatic rings. The van der Waals surface area contributed by atoms with Gasteiger partial charge in [-0.25, -0.2) is 13.6 Å². The zero-order valence-electron chi connectivity index (χ0n) is 25.6. The molecule has 1 aliphatic carbocycles. The number of rotatable bonds is 5. The molecule has 47 heavy (non-hydrogen) atoms. The molecule has 10 heteroatoms. The van der Waals surface area contributed by atoms with Crippen molar-refractivity contribution in [1.82, 2.24) is 10.2 Å². The fourth-order valence-corrected chi connectivity index (χ4v) is 6.27. The van der Waals surface area contributed by atoms with Gasteiger partial charge in [0.25, 0.3) is 11.8 Å². The van der Waals surface area contributed by atoms with Gasteiger partial charge in [-0.3, -0.25) is 9.59 Å². The van der Waals surface area contributed by atoms with Gasteiger partial charge in [-0.2, -0.15) is 0 Å². The topological polar surface area (TPSA) is 81.8 Å². The summed E-state index contributed by atoms with van der Waals surface area (Å²) >= 11 is 0. The summed E-state index contributed by atoms with van der Waals surface area (Å²) in [5.74, 6) is -2.09. The van der Waals surface area contributed by atoms with Crippen LogP contribution >= 0.6 is 12.4 Å². The number of amides is 2. The van der Waals surface area contributed by atoms with E-state index in [1.807, 2.05) is 12.1 Å². The molecule has 0 radical (unpaired) electrons. The Kier molecular flexibility index (Phi) is 10.5. The van der Waals surface area contributed by atoms with E-state index in [9.17, 15) is 14.4 Å². The van der Waals surface area contributed by atoms with Crippen molar-refractivity contribution in [2.75, 3.05) is 42.9 Å². The van der Waals surface area contributed by atoms with Crippen LogP contribution in [-0.4, -0.2) is 67.3 Å². The molecule has 1 atom stereocenters. The number of carbonyl (C=O) groups excluding carboxylic acids is 3. The Morgan fingerprint density at radius 1 is 0.915 bits per heavy atom. The second-order valence-electron chi connectivity index (χ2n) is 11.4. The van der Waals surface area contributed by atoms with Gasteiger partial charge in [0.05, 0.1) is 11.6 Å². The van der Waals surface area contributed by atoms with Crippen molar-refractivity contribution in [1.29, 1.82) is 0 Å². The Hall–Kier alpha value is -4.82. The summed E-state index contributed by atoms with van der Waals surface area (Å²) in [7, 11) is 0. The summed E-state index contributed by atoms with van der Waals surface area (Å²) in [5, 5.41) is 6.12. The van der Waals surface area contributed by atoms with E-state index in [4.69, 9.17) is 0 Å². The highest BCUT2D eigenvalue weighted by molar-refractivity contribution is 6.15. The van der Waals surface area contributed by atoms with Crippen LogP contribution in [0.5, 0.6) is 0 Å². The number of halogens is 3. The van der Waals surface area contributed by atoms with Gasteiger partial charge in [0, 0.05) is 72.3 Å². The van der Waals surface area contributed by atoms with Gasteiger partial charge in [-0.15, -0.1) is 12.4 Å². The molecule has 0 aromatic heterocycles. The maximum absolute atomic E-state index is 16.0. The average molecular weight is 657 g/mol. The molecule has 2 amide bonds. The fourth-order valence-electron chi connectivity index (χ4n) is 6.27. The first-order chi connectivity index (χ1) is 22.4. The Morgan fingerprint density at radius 3 is 2.36 bits per heavy atom. The number of nitrogens with zero attached hydrogens (tertiary/aromatic N) is 2. The van der Waals surface area contributed by atoms with Crippen LogP contribution in [0.15, 0.2) is 114 Å². The van der Waals surface area contributed by atoms with Crippen molar-refractivity contribution in [2.24, 2.45) is 0 Å². The van der Waals surface area contributed by atoms with Crippen LogP contribution in [0.25, 0.3) is 11.1 Å². The highest BCUT2D eigenvalue weighted by Crippen LogP contribution is 2.46. The summed E-state index contributed by atoms with van der Waals surface area (Å²) in [4.78, 5) is 43.1. The highest BCUT2D eigenvalue weighted by atomic mass is 35.5. The monoisotopic (exact) mass is 656 g/mol. The Bertz CT molecular complexity index is 1760. The van der Waals surface area contributed by atoms with Crippen LogP contribution in [0.3, 0.4) is 0 Å². The van der Waals surface area contributed by atoms with E-state index in [0.29, 0.717) is 42.1 Å². The Morgan fingerprint density at radius 2 is 1.62 bits per heavy atom. The van der Waals surface area contributed by atoms with Gasteiger partial charge < -0.3 is 20.4 Å². The molecule has 6 rings (SSSR count). The van der Waals surface area contributed by atoms with Crippen LogP contribution in [-0.2, 0) is 14.4 Å². The van der Waals surface area contributed by atoms with E-state index >= 15 is 8.78 Å². The number of hydrogen-bond donors (Lipinski definition) is 2. The molecule has 0 saturated carbocycles. The number of anilines is 2. The molecular formula is C37H35ClF2N4O3. The lowest BCUT2D eigenvalue weighted by molar-refractivity contribution is -0.125. The number of allylic oxidation sites excluding steroid dienone is 1. The molecule has 0 spiro atoms. The highest BCUT2D eigenvalue weighted by Gasteiger charge is 2.43. The summed E-state index contributed by atoms with van der Waals surface area (Å²) in [6, 6.07) is 24.0. The van der Waals surface area contributed by atoms with Crippen LogP contribution in [0.1, 0.15) is 24.0 Å². The van der Waals surface area contributed by atoms with E-state index in [0.717, 1.165) is 19.0 Å². The second-order valence-corrected chi connectivity index (χ2v) is 11.4. The molecule has 7 nitrogen and oxygen atoms in total. The minimum atomic E-state index is -3.31. The largest absolute Gasteiger partial charge is 0.359 e. The third-order valence-electron chi connectivity index (χ3n) is 8.55. The second kappa shape index (κ2) is 14.7. The molecule has 2 heterocycles. The number of alkyl halides is 2. The van der Waals surface area contributed by atoms with Crippen LogP contribution in [0, 0.1) is 0 Å². The van der Waals surface area contributed by atoms with Gasteiger partial charge in [0.1, 0.15) is 5.94 Å². The van der Waals surface area contributed by atoms with Gasteiger partial charge in [-0.05, 0) is 36.7 Å². The smallest absolute Gasteiger partial charge is 0.275 e. The van der Waals surface area contributed by atoms with E-state index < -0.39 is 30.2 Å². The van der Waals surface area contributed by atoms with E-state index in [2.05, 4.69) is 16.6 Å². The van der Waals surface area contributed by atoms with Crippen molar-refractivity contribution >= 4 is 52.7 Å². The normalized spacial score (nSPS) is 20.0. The lowest BCUT2D eigenvalue weighted by Gasteiger charge is -2.35. The molecule has 1 fully saturated rings. The van der Waals surface area contributed by atoms with Gasteiger partial charge in [-0.1, -0.05) is 78.9 Å². The lowest BCUT2D eigenvalue weighted by atomic mass is 9.84. The fraction of sp³-hybridized carbons (Fsp3) is 0.243. The summed E-state index contributed by atoms with van der Waals surface area (Å²) < 4.78 is 32.0. The van der Waals surface area contributed by atoms with E-state index in [1.165, 1.54) is 0 Å². The molecule has 2 N–H and O–H groups in total. The van der Waals surface area contributed by atoms with Crippen molar-refractivity contribution in [3.8, 4) is 0 Å². The lowest BCUT2D eigenvalue weighted by Crippen LogP contribution is -2.39. The molecule has 1 saturated heterocycles. The number of benzene rings is 3. The zero-order valence-corrected chi connectivity index (χ0v) is 26.4. The Balaban J connectivity index is 0.00000433. The van der Waals surface area contributed by atoms with E-state index in [1.54, 1.807) is 94.7 Å². The number of carbonyl (C=O) groups is 2. The van der Waals surface area contributed by atoms with Crippen LogP contribution in [0.2, 0.25) is 0 Å². The molecule has 242 valence electrons. The molecule has 3 aliphatic rings. The number of fused-ring (bicyclic) bond motifs is 1.